The number of hydrogen-bond donors (Lipinski definition) is 0. The molecule has 0 aromatic rings. The van der Waals surface area contributed by atoms with Crippen LogP contribution in [0.25, 0.3) is 0 Å². The molecule has 0 aliphatic rings. The number of carbonyl (C=O) groups excluding carboxylic acids is 2. The quantitative estimate of drug-likeness (QED) is 0.251. The van der Waals surface area contributed by atoms with E-state index in [2.05, 4.69) is 0 Å². The first-order valence-electron chi connectivity index (χ1n) is 2.87. The van der Waals surface area contributed by atoms with Gasteiger partial charge in [-0.05, 0) is 18.4 Å². The SMILES string of the molecule is CSCCC(C=O)C(=O)[O-].[Na+]. The molecule has 3 nitrogen and oxygen atoms in total. The molecular weight excluding hydrogens is 175 g/mol. The van der Waals surface area contributed by atoms with Crippen molar-refractivity contribution in [1.82, 2.24) is 0 Å². The van der Waals surface area contributed by atoms with Crippen molar-refractivity contribution in [2.45, 2.75) is 6.42 Å². The van der Waals surface area contributed by atoms with Crippen LogP contribution in [0, 0.1) is 5.92 Å². The van der Waals surface area contributed by atoms with Gasteiger partial charge >= 0.3 is 29.6 Å². The molecule has 0 spiro atoms. The molecule has 0 aromatic heterocycles. The van der Waals surface area contributed by atoms with E-state index in [1.165, 1.54) is 11.8 Å². The van der Waals surface area contributed by atoms with Gasteiger partial charge in [0.25, 0.3) is 0 Å². The number of rotatable bonds is 5. The Morgan fingerprint density at radius 1 is 1.73 bits per heavy atom. The van der Waals surface area contributed by atoms with Crippen molar-refractivity contribution in [2.24, 2.45) is 5.92 Å². The Balaban J connectivity index is 0. The summed E-state index contributed by atoms with van der Waals surface area (Å²) in [6.45, 7) is 0. The van der Waals surface area contributed by atoms with E-state index in [0.717, 1.165) is 0 Å². The standard InChI is InChI=1S/C6H10O3S.Na/c1-10-3-2-5(4-7)6(8)9;/h4-5H,2-3H2,1H3,(H,8,9);/q;+1/p-1. The maximum atomic E-state index is 10.1. The van der Waals surface area contributed by atoms with Crippen molar-refractivity contribution >= 4 is 24.0 Å². The van der Waals surface area contributed by atoms with Crippen molar-refractivity contribution in [2.75, 3.05) is 12.0 Å². The zero-order valence-electron chi connectivity index (χ0n) is 6.70. The van der Waals surface area contributed by atoms with Crippen LogP contribution >= 0.6 is 11.8 Å². The molecule has 0 saturated carbocycles. The van der Waals surface area contributed by atoms with E-state index in [1.807, 2.05) is 6.26 Å². The van der Waals surface area contributed by atoms with Crippen LogP contribution < -0.4 is 34.7 Å². The fourth-order valence-corrected chi connectivity index (χ4v) is 0.976. The van der Waals surface area contributed by atoms with Gasteiger partial charge in [0.1, 0.15) is 6.29 Å². The van der Waals surface area contributed by atoms with Gasteiger partial charge in [0, 0.05) is 0 Å². The monoisotopic (exact) mass is 184 g/mol. The molecule has 0 aliphatic carbocycles. The van der Waals surface area contributed by atoms with Gasteiger partial charge < -0.3 is 14.7 Å². The summed E-state index contributed by atoms with van der Waals surface area (Å²) in [7, 11) is 0. The van der Waals surface area contributed by atoms with Crippen molar-refractivity contribution in [3.05, 3.63) is 0 Å². The molecule has 0 aliphatic heterocycles. The normalized spacial score (nSPS) is 11.4. The first kappa shape index (κ1) is 14.0. The van der Waals surface area contributed by atoms with Crippen LogP contribution in [0.2, 0.25) is 0 Å². The molecular formula is C6H9NaO3S. The van der Waals surface area contributed by atoms with Crippen LogP contribution in [0.3, 0.4) is 0 Å². The first-order chi connectivity index (χ1) is 4.72. The Morgan fingerprint density at radius 3 is 2.55 bits per heavy atom. The Bertz CT molecular complexity index is 129. The van der Waals surface area contributed by atoms with Gasteiger partial charge in [0.05, 0.1) is 11.9 Å². The van der Waals surface area contributed by atoms with E-state index in [0.29, 0.717) is 18.5 Å². The van der Waals surface area contributed by atoms with E-state index in [9.17, 15) is 14.7 Å². The summed E-state index contributed by atoms with van der Waals surface area (Å²) in [5.41, 5.74) is 0. The largest absolute Gasteiger partial charge is 1.00 e. The van der Waals surface area contributed by atoms with E-state index in [-0.39, 0.29) is 29.6 Å². The second kappa shape index (κ2) is 8.59. The van der Waals surface area contributed by atoms with Crippen LogP contribution in [0.5, 0.6) is 0 Å². The summed E-state index contributed by atoms with van der Waals surface area (Å²) in [5, 5.41) is 10.1. The Labute approximate surface area is 92.2 Å². The molecule has 0 N–H and O–H groups in total. The van der Waals surface area contributed by atoms with E-state index >= 15 is 0 Å². The summed E-state index contributed by atoms with van der Waals surface area (Å²) in [6, 6.07) is 0. The predicted octanol–water partition coefficient (Wildman–Crippen LogP) is -3.69. The number of aliphatic carboxylic acids is 1. The maximum Gasteiger partial charge on any atom is 1.00 e. The third kappa shape index (κ3) is 6.87. The summed E-state index contributed by atoms with van der Waals surface area (Å²) >= 11 is 1.51. The Kier molecular flexibility index (Phi) is 11.0. The molecule has 0 rings (SSSR count). The molecule has 0 saturated heterocycles. The molecule has 0 bridgehead atoms. The summed E-state index contributed by atoms with van der Waals surface area (Å²) in [5.74, 6) is -1.52. The fourth-order valence-electron chi connectivity index (χ4n) is 0.486. The molecule has 5 heteroatoms. The van der Waals surface area contributed by atoms with Crippen LogP contribution in [0.4, 0.5) is 0 Å². The molecule has 11 heavy (non-hydrogen) atoms. The molecule has 0 fully saturated rings. The van der Waals surface area contributed by atoms with Gasteiger partial charge in [-0.2, -0.15) is 11.8 Å². The van der Waals surface area contributed by atoms with Gasteiger partial charge in [-0.1, -0.05) is 0 Å². The number of carboxylic acid groups (broad SMARTS) is 1. The zero-order valence-corrected chi connectivity index (χ0v) is 9.52. The van der Waals surface area contributed by atoms with Gasteiger partial charge in [0.15, 0.2) is 0 Å². The maximum absolute atomic E-state index is 10.1. The van der Waals surface area contributed by atoms with E-state index in [4.69, 9.17) is 0 Å². The predicted molar refractivity (Wildman–Crippen MR) is 37.6 cm³/mol. The third-order valence-corrected chi connectivity index (χ3v) is 1.74. The smallest absolute Gasteiger partial charge is 0.549 e. The van der Waals surface area contributed by atoms with Gasteiger partial charge in [-0.3, -0.25) is 0 Å². The number of hydrogen-bond acceptors (Lipinski definition) is 4. The molecule has 0 heterocycles. The van der Waals surface area contributed by atoms with E-state index < -0.39 is 11.9 Å². The van der Waals surface area contributed by atoms with Crippen LogP contribution in [-0.4, -0.2) is 24.3 Å². The molecule has 1 unspecified atom stereocenters. The van der Waals surface area contributed by atoms with Gasteiger partial charge in [0.2, 0.25) is 0 Å². The molecule has 1 atom stereocenters. The third-order valence-electron chi connectivity index (χ3n) is 1.10. The number of thioether (sulfide) groups is 1. The van der Waals surface area contributed by atoms with Crippen LogP contribution in [-0.2, 0) is 9.59 Å². The minimum Gasteiger partial charge on any atom is -0.549 e. The fraction of sp³-hybridized carbons (Fsp3) is 0.667. The summed E-state index contributed by atoms with van der Waals surface area (Å²) in [6.07, 6.45) is 2.65. The average molecular weight is 184 g/mol. The van der Waals surface area contributed by atoms with Crippen molar-refractivity contribution < 1.29 is 44.3 Å². The van der Waals surface area contributed by atoms with Crippen molar-refractivity contribution in [1.29, 1.82) is 0 Å². The van der Waals surface area contributed by atoms with Gasteiger partial charge in [-0.15, -0.1) is 0 Å². The second-order valence-corrected chi connectivity index (χ2v) is 2.83. The van der Waals surface area contributed by atoms with Gasteiger partial charge in [-0.25, -0.2) is 0 Å². The van der Waals surface area contributed by atoms with Crippen molar-refractivity contribution in [3.63, 3.8) is 0 Å². The summed E-state index contributed by atoms with van der Waals surface area (Å²) in [4.78, 5) is 20.1. The van der Waals surface area contributed by atoms with Crippen molar-refractivity contribution in [3.8, 4) is 0 Å². The van der Waals surface area contributed by atoms with Crippen LogP contribution in [0.1, 0.15) is 6.42 Å². The number of carbonyl (C=O) groups is 2. The topological polar surface area (TPSA) is 57.2 Å². The van der Waals surface area contributed by atoms with Crippen LogP contribution in [0.15, 0.2) is 0 Å². The second-order valence-electron chi connectivity index (χ2n) is 1.84. The average Bonchev–Trinajstić information content (AvgIpc) is 1.89. The molecule has 0 amide bonds. The number of aldehydes is 1. The zero-order chi connectivity index (χ0) is 7.98. The minimum absolute atomic E-state index is 0. The minimum atomic E-state index is -1.27. The van der Waals surface area contributed by atoms with E-state index in [1.54, 1.807) is 0 Å². The molecule has 0 radical (unpaired) electrons. The first-order valence-corrected chi connectivity index (χ1v) is 4.26. The Hall–Kier alpha value is 0.490. The molecule has 58 valence electrons. The summed E-state index contributed by atoms with van der Waals surface area (Å²) < 4.78 is 0. The Morgan fingerprint density at radius 2 is 2.27 bits per heavy atom. The molecule has 0 aromatic carbocycles. The number of carboxylic acids is 1.